The summed E-state index contributed by atoms with van der Waals surface area (Å²) < 4.78 is 5.12. The largest absolute Gasteiger partial charge is 0.360 e. The Labute approximate surface area is 126 Å². The first-order valence-electron chi connectivity index (χ1n) is 8.06. The summed E-state index contributed by atoms with van der Waals surface area (Å²) in [5, 5.41) is 0. The van der Waals surface area contributed by atoms with Gasteiger partial charge in [0.05, 0.1) is 0 Å². The molecule has 1 atom stereocenters. The van der Waals surface area contributed by atoms with Gasteiger partial charge in [0.25, 0.3) is 0 Å². The lowest BCUT2D eigenvalue weighted by Crippen LogP contribution is -2.95. The molecule has 114 valence electrons. The van der Waals surface area contributed by atoms with Crippen molar-refractivity contribution < 1.29 is 0 Å². The van der Waals surface area contributed by atoms with Crippen molar-refractivity contribution in [2.45, 2.75) is 88.6 Å². The van der Waals surface area contributed by atoms with Crippen molar-refractivity contribution in [2.24, 2.45) is 0 Å². The van der Waals surface area contributed by atoms with Crippen molar-refractivity contribution in [1.82, 2.24) is 4.65 Å². The summed E-state index contributed by atoms with van der Waals surface area (Å²) in [6.07, 6.45) is 2.80. The molecule has 1 rings (SSSR count). The van der Waals surface area contributed by atoms with Gasteiger partial charge in [-0.1, -0.05) is 78.7 Å². The van der Waals surface area contributed by atoms with Crippen LogP contribution < -0.4 is 4.65 Å². The van der Waals surface area contributed by atoms with Crippen molar-refractivity contribution in [3.05, 3.63) is 0 Å². The van der Waals surface area contributed by atoms with Gasteiger partial charge in [-0.05, 0) is 9.95 Å². The topological polar surface area (TPSA) is 12.0 Å². The van der Waals surface area contributed by atoms with E-state index in [0.29, 0.717) is 0 Å². The molecule has 1 aliphatic rings. The van der Waals surface area contributed by atoms with E-state index in [0.717, 1.165) is 3.91 Å². The summed E-state index contributed by atoms with van der Waals surface area (Å²) in [5.41, 5.74) is 0. The van der Waals surface area contributed by atoms with Crippen LogP contribution in [0.1, 0.15) is 19.8 Å². The van der Waals surface area contributed by atoms with E-state index in [-0.39, 0.29) is 0 Å². The van der Waals surface area contributed by atoms with Crippen LogP contribution in [0.5, 0.6) is 0 Å². The highest BCUT2D eigenvalue weighted by Gasteiger charge is 2.77. The summed E-state index contributed by atoms with van der Waals surface area (Å²) in [4.78, 5) is 0. The van der Waals surface area contributed by atoms with E-state index in [4.69, 9.17) is 0 Å². The number of hydrogen-bond donors (Lipinski definition) is 1. The fourth-order valence-electron chi connectivity index (χ4n) is 6.94. The van der Waals surface area contributed by atoms with Crippen LogP contribution in [0.25, 0.3) is 0 Å². The molecule has 0 aliphatic carbocycles. The fourth-order valence-corrected chi connectivity index (χ4v) is 61.5. The molecule has 0 spiro atoms. The van der Waals surface area contributed by atoms with Crippen LogP contribution in [0.2, 0.25) is 68.9 Å². The molecule has 1 unspecified atom stereocenters. The van der Waals surface area contributed by atoms with Gasteiger partial charge in [-0.2, -0.15) is 0 Å². The smallest absolute Gasteiger partial charge is 0.115 e. The third kappa shape index (κ3) is 2.33. The van der Waals surface area contributed by atoms with Crippen LogP contribution >= 0.6 is 0 Å². The minimum absolute atomic E-state index is 0.842. The summed E-state index contributed by atoms with van der Waals surface area (Å²) in [7, 11) is -4.84. The lowest BCUT2D eigenvalue weighted by molar-refractivity contribution is 0.827. The van der Waals surface area contributed by atoms with E-state index in [1.807, 2.05) is 0 Å². The van der Waals surface area contributed by atoms with Gasteiger partial charge in [0, 0.05) is 16.1 Å². The third-order valence-electron chi connectivity index (χ3n) is 5.63. The van der Waals surface area contributed by atoms with Crippen LogP contribution in [0, 0.1) is 0 Å². The van der Waals surface area contributed by atoms with Crippen molar-refractivity contribution in [3.8, 4) is 0 Å². The van der Waals surface area contributed by atoms with E-state index < -0.39 is 32.6 Å². The van der Waals surface area contributed by atoms with Crippen LogP contribution in [0.3, 0.4) is 0 Å². The predicted molar refractivity (Wildman–Crippen MR) is 101 cm³/mol. The van der Waals surface area contributed by atoms with Crippen molar-refractivity contribution >= 4 is 32.6 Å². The number of nitrogens with one attached hydrogen (secondary N) is 1. The van der Waals surface area contributed by atoms with Gasteiger partial charge in [-0.25, -0.2) is 0 Å². The Hall–Kier alpha value is 0.828. The maximum Gasteiger partial charge on any atom is 0.115 e. The molecule has 0 radical (unpaired) electrons. The van der Waals surface area contributed by atoms with Gasteiger partial charge >= 0.3 is 0 Å². The Bertz CT molecular complexity index is 310. The second-order valence-corrected chi connectivity index (χ2v) is 31.8. The molecule has 1 fully saturated rings. The highest BCUT2D eigenvalue weighted by Crippen LogP contribution is 2.65. The predicted octanol–water partition coefficient (Wildman–Crippen LogP) is 5.20. The Morgan fingerprint density at radius 1 is 0.895 bits per heavy atom. The molecular weight excluding hydrogens is 295 g/mol. The SMILES string of the molecule is CCCC[Si]1(C)N[Si](C)(C)C1([Si](C)(C)C)[Si](C)(C)C. The Kier molecular flexibility index (Phi) is 4.64. The lowest BCUT2D eigenvalue weighted by atomic mass is 10.4. The summed E-state index contributed by atoms with van der Waals surface area (Å²) >= 11 is 0. The molecule has 5 heteroatoms. The van der Waals surface area contributed by atoms with Crippen molar-refractivity contribution in [1.29, 1.82) is 0 Å². The summed E-state index contributed by atoms with van der Waals surface area (Å²) in [6, 6.07) is 1.52. The number of unbranched alkanes of at least 4 members (excludes halogenated alkanes) is 1. The van der Waals surface area contributed by atoms with Crippen molar-refractivity contribution in [2.75, 3.05) is 0 Å². The normalized spacial score (nSPS) is 30.0. The molecule has 19 heavy (non-hydrogen) atoms. The van der Waals surface area contributed by atoms with Crippen LogP contribution in [-0.2, 0) is 0 Å². The zero-order valence-electron chi connectivity index (χ0n) is 15.1. The highest BCUT2D eigenvalue weighted by atomic mass is 28.6. The fraction of sp³-hybridized carbons (Fsp3) is 1.00. The molecule has 1 N–H and O–H groups in total. The standard InChI is InChI=1S/C14H37NSi4/c1-11-12-13-19(10)14(16(2,3)4,17(5,6)7)18(8,9)15-19/h15H,11-13H2,1-10H3. The monoisotopic (exact) mass is 331 g/mol. The van der Waals surface area contributed by atoms with E-state index in [9.17, 15) is 0 Å². The number of hydrogen-bond acceptors (Lipinski definition) is 1. The van der Waals surface area contributed by atoms with Gasteiger partial charge in [0.1, 0.15) is 16.5 Å². The van der Waals surface area contributed by atoms with E-state index >= 15 is 0 Å². The molecule has 0 bridgehead atoms. The first kappa shape index (κ1) is 17.9. The Morgan fingerprint density at radius 2 is 1.32 bits per heavy atom. The first-order chi connectivity index (χ1) is 8.27. The van der Waals surface area contributed by atoms with Gasteiger partial charge in [-0.3, -0.25) is 0 Å². The van der Waals surface area contributed by atoms with Crippen LogP contribution in [0.4, 0.5) is 0 Å². The zero-order valence-corrected chi connectivity index (χ0v) is 19.1. The zero-order chi connectivity index (χ0) is 15.3. The maximum atomic E-state index is 4.28. The lowest BCUT2D eigenvalue weighted by Gasteiger charge is -2.76. The van der Waals surface area contributed by atoms with Crippen LogP contribution in [-0.4, -0.2) is 32.6 Å². The molecule has 1 nitrogen and oxygen atoms in total. The molecule has 0 aromatic heterocycles. The average molecular weight is 332 g/mol. The molecular formula is C14H37NSi4. The minimum atomic E-state index is -1.27. The molecule has 1 aliphatic heterocycles. The summed E-state index contributed by atoms with van der Waals surface area (Å²) in [6.45, 7) is 26.4. The van der Waals surface area contributed by atoms with Gasteiger partial charge < -0.3 is 4.65 Å². The molecule has 0 aromatic rings. The minimum Gasteiger partial charge on any atom is -0.360 e. The van der Waals surface area contributed by atoms with Gasteiger partial charge in [0.15, 0.2) is 0 Å². The van der Waals surface area contributed by atoms with Crippen molar-refractivity contribution in [3.63, 3.8) is 0 Å². The first-order valence-corrected chi connectivity index (χ1v) is 20.8. The molecule has 0 aromatic carbocycles. The quantitative estimate of drug-likeness (QED) is 0.682. The molecule has 1 saturated heterocycles. The van der Waals surface area contributed by atoms with E-state index in [2.05, 4.69) is 70.5 Å². The second-order valence-electron chi connectivity index (χ2n) is 9.44. The second kappa shape index (κ2) is 4.93. The number of rotatable bonds is 5. The molecule has 0 amide bonds. The van der Waals surface area contributed by atoms with Gasteiger partial charge in [0.2, 0.25) is 0 Å². The average Bonchev–Trinajstić information content (AvgIpc) is 2.07. The highest BCUT2D eigenvalue weighted by molar-refractivity contribution is 7.36. The third-order valence-corrected chi connectivity index (χ3v) is 43.8. The van der Waals surface area contributed by atoms with E-state index in [1.54, 1.807) is 0 Å². The maximum absolute atomic E-state index is 4.28. The molecule has 0 saturated carbocycles. The van der Waals surface area contributed by atoms with Crippen LogP contribution in [0.15, 0.2) is 0 Å². The Balaban J connectivity index is 3.39. The Morgan fingerprint density at radius 3 is 1.58 bits per heavy atom. The van der Waals surface area contributed by atoms with Gasteiger partial charge in [-0.15, -0.1) is 0 Å². The summed E-state index contributed by atoms with van der Waals surface area (Å²) in [5.74, 6) is 0. The molecule has 1 heterocycles. The van der Waals surface area contributed by atoms with E-state index in [1.165, 1.54) is 18.9 Å².